The van der Waals surface area contributed by atoms with Crippen molar-refractivity contribution in [1.82, 2.24) is 10.0 Å². The molecule has 7 nitrogen and oxygen atoms in total. The molecule has 0 spiro atoms. The second-order valence-electron chi connectivity index (χ2n) is 5.91. The van der Waals surface area contributed by atoms with Gasteiger partial charge in [-0.3, -0.25) is 4.79 Å². The maximum Gasteiger partial charge on any atom is 0.258 e. The number of carbonyl (C=O) groups excluding carboxylic acids is 1. The topological polar surface area (TPSA) is 105 Å². The lowest BCUT2D eigenvalue weighted by Crippen LogP contribution is -2.36. The van der Waals surface area contributed by atoms with Gasteiger partial charge in [-0.25, -0.2) is 13.1 Å². The van der Waals surface area contributed by atoms with Gasteiger partial charge in [-0.1, -0.05) is 30.9 Å². The van der Waals surface area contributed by atoms with Crippen molar-refractivity contribution < 1.29 is 23.1 Å². The normalized spacial score (nSPS) is 15.8. The minimum Gasteiger partial charge on any atom is -0.482 e. The molecule has 0 saturated heterocycles. The van der Waals surface area contributed by atoms with Crippen molar-refractivity contribution in [2.24, 2.45) is 0 Å². The molecule has 2 rings (SSSR count). The van der Waals surface area contributed by atoms with Crippen LogP contribution >= 0.6 is 11.6 Å². The van der Waals surface area contributed by atoms with Crippen molar-refractivity contribution in [2.75, 3.05) is 19.8 Å². The van der Waals surface area contributed by atoms with Crippen LogP contribution in [0.1, 0.15) is 32.1 Å². The van der Waals surface area contributed by atoms with E-state index in [9.17, 15) is 13.2 Å². The lowest BCUT2D eigenvalue weighted by molar-refractivity contribution is -0.123. The molecule has 0 heterocycles. The summed E-state index contributed by atoms with van der Waals surface area (Å²) in [5, 5.41) is 11.2. The Morgan fingerprint density at radius 3 is 2.64 bits per heavy atom. The summed E-state index contributed by atoms with van der Waals surface area (Å²) >= 11 is 6.08. The van der Waals surface area contributed by atoms with Gasteiger partial charge in [-0.05, 0) is 31.0 Å². The van der Waals surface area contributed by atoms with Gasteiger partial charge in [0.1, 0.15) is 5.75 Å². The van der Waals surface area contributed by atoms with E-state index in [1.807, 2.05) is 0 Å². The molecule has 1 aliphatic carbocycles. The molecule has 9 heteroatoms. The van der Waals surface area contributed by atoms with Crippen LogP contribution in [0.25, 0.3) is 0 Å². The van der Waals surface area contributed by atoms with E-state index in [1.165, 1.54) is 18.2 Å². The monoisotopic (exact) mass is 390 g/mol. The largest absolute Gasteiger partial charge is 0.482 e. The molecule has 3 N–H and O–H groups in total. The summed E-state index contributed by atoms with van der Waals surface area (Å²) in [6.45, 7) is -0.293. The Bertz CT molecular complexity index is 690. The average molecular weight is 391 g/mol. The first-order valence-corrected chi connectivity index (χ1v) is 10.1. The van der Waals surface area contributed by atoms with Crippen LogP contribution in [-0.2, 0) is 14.8 Å². The first-order valence-electron chi connectivity index (χ1n) is 8.24. The summed E-state index contributed by atoms with van der Waals surface area (Å²) in [6.07, 6.45) is 4.88. The summed E-state index contributed by atoms with van der Waals surface area (Å²) in [4.78, 5) is 11.5. The van der Waals surface area contributed by atoms with Gasteiger partial charge in [0.15, 0.2) is 6.61 Å². The maximum atomic E-state index is 12.4. The predicted molar refractivity (Wildman–Crippen MR) is 94.2 cm³/mol. The summed E-state index contributed by atoms with van der Waals surface area (Å²) in [7, 11) is -3.64. The number of hydrogen-bond donors (Lipinski definition) is 3. The quantitative estimate of drug-likeness (QED) is 0.623. The number of aliphatic hydroxyl groups excluding tert-OH is 1. The number of hydrogen-bond acceptors (Lipinski definition) is 5. The van der Waals surface area contributed by atoms with E-state index < -0.39 is 15.9 Å². The zero-order chi connectivity index (χ0) is 18.3. The molecule has 140 valence electrons. The van der Waals surface area contributed by atoms with Gasteiger partial charge in [0.2, 0.25) is 10.0 Å². The Labute approximate surface area is 152 Å². The average Bonchev–Trinajstić information content (AvgIpc) is 2.59. The van der Waals surface area contributed by atoms with Gasteiger partial charge < -0.3 is 15.2 Å². The van der Waals surface area contributed by atoms with Crippen LogP contribution < -0.4 is 14.8 Å². The van der Waals surface area contributed by atoms with Gasteiger partial charge in [0.25, 0.3) is 5.91 Å². The highest BCUT2D eigenvalue weighted by atomic mass is 35.5. The number of rotatable bonds is 8. The number of amides is 1. The van der Waals surface area contributed by atoms with Gasteiger partial charge in [-0.2, -0.15) is 0 Å². The Morgan fingerprint density at radius 2 is 2.00 bits per heavy atom. The number of halogens is 1. The Balaban J connectivity index is 1.98. The molecule has 1 fully saturated rings. The molecule has 0 aromatic heterocycles. The molecule has 0 unspecified atom stereocenters. The van der Waals surface area contributed by atoms with E-state index in [1.54, 1.807) is 0 Å². The van der Waals surface area contributed by atoms with Gasteiger partial charge in [-0.15, -0.1) is 0 Å². The summed E-state index contributed by atoms with van der Waals surface area (Å²) < 4.78 is 32.9. The molecule has 1 aliphatic rings. The van der Waals surface area contributed by atoms with Crippen LogP contribution in [0, 0.1) is 0 Å². The van der Waals surface area contributed by atoms with E-state index in [0.717, 1.165) is 32.1 Å². The van der Waals surface area contributed by atoms with Crippen LogP contribution in [-0.4, -0.2) is 45.2 Å². The third kappa shape index (κ3) is 6.14. The molecule has 1 aromatic rings. The smallest absolute Gasteiger partial charge is 0.258 e. The van der Waals surface area contributed by atoms with Crippen LogP contribution in [0.15, 0.2) is 23.1 Å². The van der Waals surface area contributed by atoms with Crippen molar-refractivity contribution in [3.05, 3.63) is 23.2 Å². The molecule has 25 heavy (non-hydrogen) atoms. The predicted octanol–water partition coefficient (Wildman–Crippen LogP) is 1.44. The lowest BCUT2D eigenvalue weighted by atomic mass is 9.96. The van der Waals surface area contributed by atoms with Crippen molar-refractivity contribution in [3.8, 4) is 5.75 Å². The summed E-state index contributed by atoms with van der Waals surface area (Å²) in [5.41, 5.74) is 0. The molecular weight excluding hydrogens is 368 g/mol. The fourth-order valence-corrected chi connectivity index (χ4v) is 4.29. The number of aliphatic hydroxyl groups is 1. The molecule has 1 amide bonds. The van der Waals surface area contributed by atoms with Crippen molar-refractivity contribution >= 4 is 27.5 Å². The number of carbonyl (C=O) groups is 1. The Kier molecular flexibility index (Phi) is 7.49. The van der Waals surface area contributed by atoms with Crippen LogP contribution in [0.5, 0.6) is 5.75 Å². The molecule has 0 radical (unpaired) electrons. The number of benzene rings is 1. The third-order valence-electron chi connectivity index (χ3n) is 3.93. The molecule has 0 aliphatic heterocycles. The van der Waals surface area contributed by atoms with E-state index in [4.69, 9.17) is 21.4 Å². The van der Waals surface area contributed by atoms with Gasteiger partial charge in [0.05, 0.1) is 16.5 Å². The molecule has 1 aromatic carbocycles. The van der Waals surface area contributed by atoms with Gasteiger partial charge in [0, 0.05) is 12.6 Å². The van der Waals surface area contributed by atoms with Crippen LogP contribution in [0.2, 0.25) is 5.02 Å². The Hall–Kier alpha value is -1.35. The van der Waals surface area contributed by atoms with Crippen LogP contribution in [0.3, 0.4) is 0 Å². The highest BCUT2D eigenvalue weighted by Gasteiger charge is 2.22. The number of ether oxygens (including phenoxy) is 1. The van der Waals surface area contributed by atoms with E-state index in [2.05, 4.69) is 10.0 Å². The summed E-state index contributed by atoms with van der Waals surface area (Å²) in [6, 6.07) is 4.10. The zero-order valence-electron chi connectivity index (χ0n) is 13.8. The van der Waals surface area contributed by atoms with Crippen LogP contribution in [0.4, 0.5) is 0 Å². The minimum absolute atomic E-state index is 0.0383. The second-order valence-corrected chi connectivity index (χ2v) is 8.03. The summed E-state index contributed by atoms with van der Waals surface area (Å²) in [5.74, 6) is -0.182. The first kappa shape index (κ1) is 20.0. The van der Waals surface area contributed by atoms with Gasteiger partial charge >= 0.3 is 0 Å². The maximum absolute atomic E-state index is 12.4. The van der Waals surface area contributed by atoms with E-state index in [0.29, 0.717) is 0 Å². The fourth-order valence-electron chi connectivity index (χ4n) is 2.66. The van der Waals surface area contributed by atoms with Crippen molar-refractivity contribution in [3.63, 3.8) is 0 Å². The Morgan fingerprint density at radius 1 is 1.28 bits per heavy atom. The first-order chi connectivity index (χ1) is 11.9. The standard InChI is InChI=1S/C16H23ClN2O5S/c17-14-10-13(25(22,23)19-12-4-2-1-3-5-12)6-7-15(14)24-11-16(21)18-8-9-20/h6-7,10,12,19-20H,1-5,8-9,11H2,(H,18,21). The highest BCUT2D eigenvalue weighted by molar-refractivity contribution is 7.89. The molecule has 1 saturated carbocycles. The minimum atomic E-state index is -3.64. The lowest BCUT2D eigenvalue weighted by Gasteiger charge is -2.22. The molecule has 0 bridgehead atoms. The number of sulfonamides is 1. The second kappa shape index (κ2) is 9.38. The highest BCUT2D eigenvalue weighted by Crippen LogP contribution is 2.28. The fraction of sp³-hybridized carbons (Fsp3) is 0.562. The van der Waals surface area contributed by atoms with E-state index >= 15 is 0 Å². The third-order valence-corrected chi connectivity index (χ3v) is 5.75. The van der Waals surface area contributed by atoms with Crippen molar-refractivity contribution in [1.29, 1.82) is 0 Å². The molecule has 0 atom stereocenters. The zero-order valence-corrected chi connectivity index (χ0v) is 15.4. The SMILES string of the molecule is O=C(COc1ccc(S(=O)(=O)NC2CCCCC2)cc1Cl)NCCO. The van der Waals surface area contributed by atoms with E-state index in [-0.39, 0.29) is 41.5 Å². The molecular formula is C16H23ClN2O5S. The van der Waals surface area contributed by atoms with Crippen molar-refractivity contribution in [2.45, 2.75) is 43.0 Å². The number of nitrogens with one attached hydrogen (secondary N) is 2.